The Hall–Kier alpha value is -2.11. The molecule has 30 heavy (non-hydrogen) atoms. The number of nitrogens with zero attached hydrogens (tertiary/aromatic N) is 1. The predicted octanol–water partition coefficient (Wildman–Crippen LogP) is 5.40. The van der Waals surface area contributed by atoms with Gasteiger partial charge in [0.1, 0.15) is 11.9 Å². The molecule has 2 aromatic carbocycles. The van der Waals surface area contributed by atoms with Crippen molar-refractivity contribution in [2.24, 2.45) is 0 Å². The van der Waals surface area contributed by atoms with Gasteiger partial charge in [-0.15, -0.1) is 0 Å². The third-order valence-corrected chi connectivity index (χ3v) is 5.13. The van der Waals surface area contributed by atoms with Gasteiger partial charge < -0.3 is 10.2 Å². The van der Waals surface area contributed by atoms with Gasteiger partial charge in [0.05, 0.1) is 6.42 Å². The van der Waals surface area contributed by atoms with Crippen LogP contribution in [0.1, 0.15) is 45.2 Å². The topological polar surface area (TPSA) is 49.4 Å². The number of amides is 2. The second kappa shape index (κ2) is 10.3. The van der Waals surface area contributed by atoms with Crippen molar-refractivity contribution in [3.05, 3.63) is 69.5 Å². The second-order valence-corrected chi connectivity index (χ2v) is 9.03. The lowest BCUT2D eigenvalue weighted by atomic mass is 10.0. The number of benzene rings is 2. The van der Waals surface area contributed by atoms with Crippen LogP contribution in [0, 0.1) is 5.82 Å². The molecule has 0 aromatic heterocycles. The lowest BCUT2D eigenvalue weighted by Gasteiger charge is -2.33. The van der Waals surface area contributed by atoms with Crippen LogP contribution in [0.5, 0.6) is 0 Å². The molecule has 2 amide bonds. The number of carbonyl (C=O) groups excluding carboxylic acids is 2. The fraction of sp³-hybridized carbons (Fsp3) is 0.391. The Bertz CT molecular complexity index is 912. The van der Waals surface area contributed by atoms with E-state index in [0.717, 1.165) is 0 Å². The number of carbonyl (C=O) groups is 2. The highest BCUT2D eigenvalue weighted by molar-refractivity contribution is 6.35. The Kier molecular flexibility index (Phi) is 8.27. The normalized spacial score (nSPS) is 12.4. The zero-order valence-corrected chi connectivity index (χ0v) is 19.1. The maximum Gasteiger partial charge on any atom is 0.243 e. The van der Waals surface area contributed by atoms with E-state index in [9.17, 15) is 14.0 Å². The van der Waals surface area contributed by atoms with E-state index in [1.165, 1.54) is 11.0 Å². The molecule has 0 aliphatic rings. The summed E-state index contributed by atoms with van der Waals surface area (Å²) in [5.41, 5.74) is 0.480. The first-order valence-corrected chi connectivity index (χ1v) is 10.6. The zero-order chi connectivity index (χ0) is 22.5. The molecular formula is C23H27Cl2FN2O2. The summed E-state index contributed by atoms with van der Waals surface area (Å²) in [5, 5.41) is 3.81. The maximum absolute atomic E-state index is 14.1. The third-order valence-electron chi connectivity index (χ3n) is 4.54. The van der Waals surface area contributed by atoms with Crippen molar-refractivity contribution >= 4 is 35.0 Å². The van der Waals surface area contributed by atoms with Gasteiger partial charge >= 0.3 is 0 Å². The van der Waals surface area contributed by atoms with E-state index in [1.54, 1.807) is 36.4 Å². The summed E-state index contributed by atoms with van der Waals surface area (Å²) < 4.78 is 14.1. The van der Waals surface area contributed by atoms with Gasteiger partial charge in [0, 0.05) is 22.1 Å². The molecular weight excluding hydrogens is 426 g/mol. The molecule has 0 unspecified atom stereocenters. The number of hydrogen-bond donors (Lipinski definition) is 1. The van der Waals surface area contributed by atoms with Crippen LogP contribution in [0.2, 0.25) is 10.0 Å². The average Bonchev–Trinajstić information content (AvgIpc) is 2.63. The number of rotatable bonds is 7. The molecule has 0 spiro atoms. The number of halogens is 3. The molecule has 1 atom stereocenters. The molecule has 0 fully saturated rings. The first-order valence-electron chi connectivity index (χ1n) is 9.80. The Morgan fingerprint density at radius 1 is 1.10 bits per heavy atom. The largest absolute Gasteiger partial charge is 0.350 e. The van der Waals surface area contributed by atoms with E-state index in [2.05, 4.69) is 5.32 Å². The van der Waals surface area contributed by atoms with Gasteiger partial charge in [-0.2, -0.15) is 0 Å². The average molecular weight is 453 g/mol. The molecule has 0 aliphatic heterocycles. The molecule has 162 valence electrons. The molecule has 7 heteroatoms. The third kappa shape index (κ3) is 6.71. The van der Waals surface area contributed by atoms with Gasteiger partial charge in [0.2, 0.25) is 11.8 Å². The molecule has 1 N–H and O–H groups in total. The molecule has 0 saturated carbocycles. The molecule has 2 aromatic rings. The summed E-state index contributed by atoms with van der Waals surface area (Å²) >= 11 is 12.3. The van der Waals surface area contributed by atoms with Gasteiger partial charge in [-0.1, -0.05) is 54.4 Å². The highest BCUT2D eigenvalue weighted by atomic mass is 35.5. The molecule has 2 rings (SSSR count). The first kappa shape index (κ1) is 24.2. The lowest BCUT2D eigenvalue weighted by molar-refractivity contribution is -0.141. The minimum absolute atomic E-state index is 0.110. The van der Waals surface area contributed by atoms with Crippen LogP contribution in [0.3, 0.4) is 0 Å². The minimum Gasteiger partial charge on any atom is -0.350 e. The Balaban J connectivity index is 2.38. The van der Waals surface area contributed by atoms with Crippen LogP contribution in [-0.4, -0.2) is 28.3 Å². The molecule has 4 nitrogen and oxygen atoms in total. The summed E-state index contributed by atoms with van der Waals surface area (Å²) in [4.78, 5) is 27.6. The summed E-state index contributed by atoms with van der Waals surface area (Å²) in [6, 6.07) is 10.4. The van der Waals surface area contributed by atoms with Crippen LogP contribution < -0.4 is 5.32 Å². The molecule has 0 bridgehead atoms. The van der Waals surface area contributed by atoms with Crippen molar-refractivity contribution in [3.63, 3.8) is 0 Å². The van der Waals surface area contributed by atoms with Gasteiger partial charge in [-0.3, -0.25) is 9.59 Å². The standard InChI is InChI=1S/C23H27Cl2FN2O2/c1-5-20(22(30)27-23(2,3)4)28(14-16-10-11-17(24)13-18(16)25)21(29)12-15-8-6-7-9-19(15)26/h6-11,13,20H,5,12,14H2,1-4H3,(H,27,30)/t20-/m0/s1. The van der Waals surface area contributed by atoms with E-state index in [4.69, 9.17) is 23.2 Å². The highest BCUT2D eigenvalue weighted by Crippen LogP contribution is 2.24. The van der Waals surface area contributed by atoms with Crippen LogP contribution in [-0.2, 0) is 22.6 Å². The Morgan fingerprint density at radius 2 is 1.77 bits per heavy atom. The van der Waals surface area contributed by atoms with E-state index >= 15 is 0 Å². The van der Waals surface area contributed by atoms with Crippen molar-refractivity contribution in [2.75, 3.05) is 0 Å². The van der Waals surface area contributed by atoms with Crippen molar-refractivity contribution in [3.8, 4) is 0 Å². The van der Waals surface area contributed by atoms with E-state index in [-0.39, 0.29) is 30.3 Å². The quantitative estimate of drug-likeness (QED) is 0.611. The van der Waals surface area contributed by atoms with E-state index < -0.39 is 17.4 Å². The predicted molar refractivity (Wildman–Crippen MR) is 119 cm³/mol. The summed E-state index contributed by atoms with van der Waals surface area (Å²) in [6.07, 6.45) is 0.243. The van der Waals surface area contributed by atoms with Crippen molar-refractivity contribution in [1.82, 2.24) is 10.2 Å². The minimum atomic E-state index is -0.727. The Labute approximate surface area is 187 Å². The SMILES string of the molecule is CC[C@@H](C(=O)NC(C)(C)C)N(Cc1ccc(Cl)cc1Cl)C(=O)Cc1ccccc1F. The van der Waals surface area contributed by atoms with E-state index in [1.807, 2.05) is 27.7 Å². The zero-order valence-electron chi connectivity index (χ0n) is 17.6. The summed E-state index contributed by atoms with van der Waals surface area (Å²) in [5.74, 6) is -1.08. The van der Waals surface area contributed by atoms with Crippen LogP contribution >= 0.6 is 23.2 Å². The fourth-order valence-electron chi connectivity index (χ4n) is 3.11. The van der Waals surface area contributed by atoms with Crippen molar-refractivity contribution < 1.29 is 14.0 Å². The van der Waals surface area contributed by atoms with Crippen LogP contribution in [0.25, 0.3) is 0 Å². The lowest BCUT2D eigenvalue weighted by Crippen LogP contribution is -2.53. The van der Waals surface area contributed by atoms with Gasteiger partial charge in [-0.25, -0.2) is 4.39 Å². The highest BCUT2D eigenvalue weighted by Gasteiger charge is 2.31. The van der Waals surface area contributed by atoms with Gasteiger partial charge in [0.25, 0.3) is 0 Å². The number of hydrogen-bond acceptors (Lipinski definition) is 2. The number of nitrogens with one attached hydrogen (secondary N) is 1. The second-order valence-electron chi connectivity index (χ2n) is 8.19. The smallest absolute Gasteiger partial charge is 0.243 e. The van der Waals surface area contributed by atoms with E-state index in [0.29, 0.717) is 22.0 Å². The van der Waals surface area contributed by atoms with Crippen LogP contribution in [0.15, 0.2) is 42.5 Å². The molecule has 0 saturated heterocycles. The maximum atomic E-state index is 14.1. The summed E-state index contributed by atoms with van der Waals surface area (Å²) in [7, 11) is 0. The van der Waals surface area contributed by atoms with Crippen molar-refractivity contribution in [1.29, 1.82) is 0 Å². The van der Waals surface area contributed by atoms with Gasteiger partial charge in [0.15, 0.2) is 0 Å². The molecule has 0 heterocycles. The summed E-state index contributed by atoms with van der Waals surface area (Å²) in [6.45, 7) is 7.57. The molecule has 0 aliphatic carbocycles. The van der Waals surface area contributed by atoms with Gasteiger partial charge in [-0.05, 0) is 56.5 Å². The van der Waals surface area contributed by atoms with Crippen LogP contribution in [0.4, 0.5) is 4.39 Å². The first-order chi connectivity index (χ1) is 14.0. The monoisotopic (exact) mass is 452 g/mol. The fourth-order valence-corrected chi connectivity index (χ4v) is 3.58. The van der Waals surface area contributed by atoms with Crippen molar-refractivity contribution in [2.45, 2.75) is 58.7 Å². The molecule has 0 radical (unpaired) electrons. The Morgan fingerprint density at radius 3 is 2.33 bits per heavy atom.